The quantitative estimate of drug-likeness (QED) is 0.377. The number of aliphatic hydroxyl groups is 3. The van der Waals surface area contributed by atoms with E-state index in [1.54, 1.807) is 0 Å². The van der Waals surface area contributed by atoms with Gasteiger partial charge in [-0.05, 0) is 13.0 Å². The minimum atomic E-state index is -0.989. The van der Waals surface area contributed by atoms with Gasteiger partial charge < -0.3 is 25.4 Å². The van der Waals surface area contributed by atoms with Crippen LogP contribution in [0.15, 0.2) is 0 Å². The van der Waals surface area contributed by atoms with Crippen LogP contribution < -0.4 is 5.32 Å². The first-order chi connectivity index (χ1) is 6.24. The maximum Gasteiger partial charge on any atom is 0.110 e. The van der Waals surface area contributed by atoms with Crippen molar-refractivity contribution in [2.75, 3.05) is 13.2 Å². The highest BCUT2D eigenvalue weighted by molar-refractivity contribution is 4.99. The van der Waals surface area contributed by atoms with E-state index in [0.29, 0.717) is 0 Å². The highest BCUT2D eigenvalue weighted by atomic mass is 16.5. The third kappa shape index (κ3) is 1.47. The molecule has 2 rings (SSSR count). The maximum atomic E-state index is 9.65. The summed E-state index contributed by atoms with van der Waals surface area (Å²) in [5.74, 6) is 0. The highest BCUT2D eigenvalue weighted by Gasteiger charge is 2.45. The molecule has 13 heavy (non-hydrogen) atoms. The summed E-state index contributed by atoms with van der Waals surface area (Å²) in [6.07, 6.45) is -1.72. The second-order valence-electron chi connectivity index (χ2n) is 3.65. The van der Waals surface area contributed by atoms with Gasteiger partial charge in [0.15, 0.2) is 0 Å². The topological polar surface area (TPSA) is 82.0 Å². The van der Waals surface area contributed by atoms with Gasteiger partial charge in [-0.15, -0.1) is 0 Å². The molecule has 4 N–H and O–H groups in total. The van der Waals surface area contributed by atoms with Gasteiger partial charge >= 0.3 is 0 Å². The summed E-state index contributed by atoms with van der Waals surface area (Å²) in [6.45, 7) is 0.540. The summed E-state index contributed by atoms with van der Waals surface area (Å²) < 4.78 is 5.42. The van der Waals surface area contributed by atoms with Crippen molar-refractivity contribution in [2.24, 2.45) is 0 Å². The van der Waals surface area contributed by atoms with Crippen LogP contribution in [0.5, 0.6) is 0 Å². The Hall–Kier alpha value is -0.200. The smallest absolute Gasteiger partial charge is 0.110 e. The largest absolute Gasteiger partial charge is 0.394 e. The second kappa shape index (κ2) is 3.51. The Kier molecular flexibility index (Phi) is 2.53. The van der Waals surface area contributed by atoms with Crippen LogP contribution in [0, 0.1) is 0 Å². The molecular formula is C8H15NO4. The van der Waals surface area contributed by atoms with Crippen molar-refractivity contribution < 1.29 is 20.1 Å². The molecule has 0 aromatic rings. The third-order valence-electron chi connectivity index (χ3n) is 2.84. The number of ether oxygens (including phenoxy) is 1. The molecule has 0 radical (unpaired) electrons. The first kappa shape index (κ1) is 9.36. The van der Waals surface area contributed by atoms with E-state index in [1.807, 2.05) is 0 Å². The van der Waals surface area contributed by atoms with E-state index in [9.17, 15) is 10.2 Å². The Morgan fingerprint density at radius 3 is 2.77 bits per heavy atom. The van der Waals surface area contributed by atoms with Crippen LogP contribution in [0.4, 0.5) is 0 Å². The summed E-state index contributed by atoms with van der Waals surface area (Å²) in [6, 6.07) is -0.183. The number of hydrogen-bond acceptors (Lipinski definition) is 5. The summed E-state index contributed by atoms with van der Waals surface area (Å²) in [5, 5.41) is 31.1. The van der Waals surface area contributed by atoms with Crippen LogP contribution >= 0.6 is 0 Å². The van der Waals surface area contributed by atoms with E-state index in [0.717, 1.165) is 13.0 Å². The molecule has 0 amide bonds. The molecule has 2 saturated heterocycles. The lowest BCUT2D eigenvalue weighted by molar-refractivity contribution is -0.184. The highest BCUT2D eigenvalue weighted by Crippen LogP contribution is 2.25. The first-order valence-corrected chi connectivity index (χ1v) is 4.60. The van der Waals surface area contributed by atoms with Crippen LogP contribution in [0.1, 0.15) is 6.42 Å². The molecule has 0 aromatic carbocycles. The fourth-order valence-corrected chi connectivity index (χ4v) is 2.09. The van der Waals surface area contributed by atoms with Crippen molar-refractivity contribution in [3.63, 3.8) is 0 Å². The van der Waals surface area contributed by atoms with Crippen LogP contribution in [-0.4, -0.2) is 58.9 Å². The zero-order valence-corrected chi connectivity index (χ0v) is 7.26. The van der Waals surface area contributed by atoms with E-state index in [2.05, 4.69) is 5.32 Å². The van der Waals surface area contributed by atoms with E-state index in [1.165, 1.54) is 0 Å². The van der Waals surface area contributed by atoms with Crippen molar-refractivity contribution in [2.45, 2.75) is 36.9 Å². The monoisotopic (exact) mass is 189 g/mol. The van der Waals surface area contributed by atoms with Crippen molar-refractivity contribution in [3.05, 3.63) is 0 Å². The summed E-state index contributed by atoms with van der Waals surface area (Å²) in [7, 11) is 0. The van der Waals surface area contributed by atoms with Gasteiger partial charge in [0.1, 0.15) is 18.3 Å². The van der Waals surface area contributed by atoms with Gasteiger partial charge in [-0.25, -0.2) is 0 Å². The molecule has 4 unspecified atom stereocenters. The lowest BCUT2D eigenvalue weighted by atomic mass is 9.94. The van der Waals surface area contributed by atoms with Crippen molar-refractivity contribution >= 4 is 0 Å². The SMILES string of the molecule is OCC1O[C@@H]2CCNC2C(O)C1O. The Labute approximate surface area is 76.3 Å². The predicted molar refractivity (Wildman–Crippen MR) is 44.2 cm³/mol. The first-order valence-electron chi connectivity index (χ1n) is 4.60. The Morgan fingerprint density at radius 1 is 1.31 bits per heavy atom. The van der Waals surface area contributed by atoms with Crippen LogP contribution in [0.25, 0.3) is 0 Å². The van der Waals surface area contributed by atoms with Crippen LogP contribution in [-0.2, 0) is 4.74 Å². The van der Waals surface area contributed by atoms with E-state index in [4.69, 9.17) is 9.84 Å². The minimum absolute atomic E-state index is 0.0736. The molecule has 0 aliphatic carbocycles. The minimum Gasteiger partial charge on any atom is -0.394 e. The average Bonchev–Trinajstić information content (AvgIpc) is 2.59. The second-order valence-corrected chi connectivity index (χ2v) is 3.65. The molecule has 5 heteroatoms. The van der Waals surface area contributed by atoms with Gasteiger partial charge in [-0.3, -0.25) is 0 Å². The number of fused-ring (bicyclic) bond motifs is 1. The lowest BCUT2D eigenvalue weighted by Crippen LogP contribution is -2.59. The number of nitrogens with one attached hydrogen (secondary N) is 1. The third-order valence-corrected chi connectivity index (χ3v) is 2.84. The zero-order chi connectivity index (χ0) is 9.42. The van der Waals surface area contributed by atoms with Gasteiger partial charge in [-0.1, -0.05) is 0 Å². The van der Waals surface area contributed by atoms with Crippen molar-refractivity contribution in [3.8, 4) is 0 Å². The van der Waals surface area contributed by atoms with Gasteiger partial charge in [0.05, 0.1) is 18.8 Å². The van der Waals surface area contributed by atoms with Gasteiger partial charge in [0, 0.05) is 0 Å². The predicted octanol–water partition coefficient (Wildman–Crippen LogP) is -2.17. The summed E-state index contributed by atoms with van der Waals surface area (Å²) >= 11 is 0. The molecule has 0 saturated carbocycles. The average molecular weight is 189 g/mol. The Bertz CT molecular complexity index is 189. The maximum absolute atomic E-state index is 9.65. The molecule has 5 atom stereocenters. The van der Waals surface area contributed by atoms with Gasteiger partial charge in [0.2, 0.25) is 0 Å². The zero-order valence-electron chi connectivity index (χ0n) is 7.26. The van der Waals surface area contributed by atoms with E-state index >= 15 is 0 Å². The molecule has 5 nitrogen and oxygen atoms in total. The van der Waals surface area contributed by atoms with Gasteiger partial charge in [-0.2, -0.15) is 0 Å². The van der Waals surface area contributed by atoms with Crippen LogP contribution in [0.3, 0.4) is 0 Å². The van der Waals surface area contributed by atoms with E-state index in [-0.39, 0.29) is 18.8 Å². The van der Waals surface area contributed by atoms with Crippen molar-refractivity contribution in [1.82, 2.24) is 5.32 Å². The lowest BCUT2D eigenvalue weighted by Gasteiger charge is -2.39. The molecule has 2 heterocycles. The van der Waals surface area contributed by atoms with E-state index < -0.39 is 18.3 Å². The fourth-order valence-electron chi connectivity index (χ4n) is 2.09. The number of hydrogen-bond donors (Lipinski definition) is 4. The molecule has 0 spiro atoms. The number of rotatable bonds is 1. The molecule has 0 bridgehead atoms. The molecule has 2 aliphatic rings. The Morgan fingerprint density at radius 2 is 2.08 bits per heavy atom. The fraction of sp³-hybridized carbons (Fsp3) is 1.00. The normalized spacial score (nSPS) is 50.5. The molecule has 2 fully saturated rings. The standard InChI is InChI=1S/C8H15NO4/c10-3-5-7(11)8(12)6-4(13-5)1-2-9-6/h4-12H,1-3H2/t4-,5?,6?,7?,8?/m1/s1. The van der Waals surface area contributed by atoms with Crippen molar-refractivity contribution in [1.29, 1.82) is 0 Å². The summed E-state index contributed by atoms with van der Waals surface area (Å²) in [5.41, 5.74) is 0. The molecule has 2 aliphatic heterocycles. The van der Waals surface area contributed by atoms with Gasteiger partial charge in [0.25, 0.3) is 0 Å². The Balaban J connectivity index is 2.08. The molecular weight excluding hydrogens is 174 g/mol. The molecule has 76 valence electrons. The summed E-state index contributed by atoms with van der Waals surface area (Å²) in [4.78, 5) is 0. The number of aliphatic hydroxyl groups excluding tert-OH is 3. The van der Waals surface area contributed by atoms with Crippen LogP contribution in [0.2, 0.25) is 0 Å². The molecule has 0 aromatic heterocycles.